The molecule has 3 nitrogen and oxygen atoms in total. The van der Waals surface area contributed by atoms with Crippen molar-refractivity contribution in [2.75, 3.05) is 7.05 Å². The molecular weight excluding hydrogens is 224 g/mol. The molecule has 0 aliphatic heterocycles. The smallest absolute Gasteiger partial charge is 0.236 e. The SMILES string of the molecule is CNC(=O)C(C)NCc1ccc(C(C)(C)C)cc1. The lowest BCUT2D eigenvalue weighted by Crippen LogP contribution is -2.40. The van der Waals surface area contributed by atoms with Crippen molar-refractivity contribution in [2.45, 2.75) is 45.7 Å². The number of likely N-dealkylation sites (N-methyl/N-ethyl adjacent to an activating group) is 1. The molecule has 0 bridgehead atoms. The monoisotopic (exact) mass is 248 g/mol. The zero-order chi connectivity index (χ0) is 13.8. The zero-order valence-corrected chi connectivity index (χ0v) is 12.0. The summed E-state index contributed by atoms with van der Waals surface area (Å²) in [5.74, 6) is 0.0151. The lowest BCUT2D eigenvalue weighted by molar-refractivity contribution is -0.122. The maximum atomic E-state index is 11.3. The molecule has 18 heavy (non-hydrogen) atoms. The second-order valence-corrected chi connectivity index (χ2v) is 5.66. The summed E-state index contributed by atoms with van der Waals surface area (Å²) in [6, 6.07) is 8.37. The van der Waals surface area contributed by atoms with E-state index in [9.17, 15) is 4.79 Å². The van der Waals surface area contributed by atoms with E-state index in [0.29, 0.717) is 6.54 Å². The summed E-state index contributed by atoms with van der Waals surface area (Å²) in [6.45, 7) is 9.18. The van der Waals surface area contributed by atoms with E-state index < -0.39 is 0 Å². The highest BCUT2D eigenvalue weighted by Crippen LogP contribution is 2.22. The van der Waals surface area contributed by atoms with E-state index in [1.165, 1.54) is 11.1 Å². The number of rotatable bonds is 4. The first kappa shape index (κ1) is 14.7. The quantitative estimate of drug-likeness (QED) is 0.857. The number of carbonyl (C=O) groups is 1. The molecule has 0 aromatic heterocycles. The van der Waals surface area contributed by atoms with Crippen LogP contribution in [0.2, 0.25) is 0 Å². The van der Waals surface area contributed by atoms with E-state index in [1.54, 1.807) is 7.05 Å². The molecule has 1 atom stereocenters. The molecule has 0 radical (unpaired) electrons. The highest BCUT2D eigenvalue weighted by Gasteiger charge is 2.13. The molecular formula is C15H24N2O. The molecule has 0 spiro atoms. The van der Waals surface area contributed by atoms with Gasteiger partial charge >= 0.3 is 0 Å². The zero-order valence-electron chi connectivity index (χ0n) is 12.0. The highest BCUT2D eigenvalue weighted by atomic mass is 16.2. The second kappa shape index (κ2) is 6.01. The van der Waals surface area contributed by atoms with Gasteiger partial charge in [0.05, 0.1) is 6.04 Å². The van der Waals surface area contributed by atoms with Gasteiger partial charge in [0.25, 0.3) is 0 Å². The number of benzene rings is 1. The predicted molar refractivity (Wildman–Crippen MR) is 75.5 cm³/mol. The Bertz CT molecular complexity index is 390. The van der Waals surface area contributed by atoms with E-state index in [4.69, 9.17) is 0 Å². The largest absolute Gasteiger partial charge is 0.358 e. The molecule has 1 rings (SSSR count). The van der Waals surface area contributed by atoms with Gasteiger partial charge in [-0.1, -0.05) is 45.0 Å². The van der Waals surface area contributed by atoms with E-state index in [0.717, 1.165) is 0 Å². The Morgan fingerprint density at radius 3 is 2.22 bits per heavy atom. The first-order chi connectivity index (χ1) is 8.34. The Hall–Kier alpha value is -1.35. The van der Waals surface area contributed by atoms with Gasteiger partial charge in [-0.15, -0.1) is 0 Å². The maximum absolute atomic E-state index is 11.3. The van der Waals surface area contributed by atoms with E-state index >= 15 is 0 Å². The van der Waals surface area contributed by atoms with Crippen LogP contribution in [0.15, 0.2) is 24.3 Å². The van der Waals surface area contributed by atoms with Crippen LogP contribution in [-0.4, -0.2) is 19.0 Å². The van der Waals surface area contributed by atoms with Crippen LogP contribution >= 0.6 is 0 Å². The fourth-order valence-corrected chi connectivity index (χ4v) is 1.70. The number of hydrogen-bond acceptors (Lipinski definition) is 2. The molecule has 1 unspecified atom stereocenters. The normalized spacial score (nSPS) is 13.2. The number of amides is 1. The number of nitrogens with one attached hydrogen (secondary N) is 2. The van der Waals surface area contributed by atoms with Crippen LogP contribution in [0.3, 0.4) is 0 Å². The molecule has 2 N–H and O–H groups in total. The minimum atomic E-state index is -0.169. The molecule has 0 aliphatic carbocycles. The summed E-state index contributed by atoms with van der Waals surface area (Å²) in [4.78, 5) is 11.3. The predicted octanol–water partition coefficient (Wildman–Crippen LogP) is 2.21. The van der Waals surface area contributed by atoms with E-state index in [2.05, 4.69) is 55.7 Å². The first-order valence-corrected chi connectivity index (χ1v) is 6.39. The molecule has 1 aromatic rings. The average molecular weight is 248 g/mol. The molecule has 0 saturated heterocycles. The summed E-state index contributed by atoms with van der Waals surface area (Å²) in [5.41, 5.74) is 2.70. The summed E-state index contributed by atoms with van der Waals surface area (Å²) in [7, 11) is 1.65. The van der Waals surface area contributed by atoms with Gasteiger partial charge in [0, 0.05) is 13.6 Å². The third-order valence-corrected chi connectivity index (χ3v) is 3.07. The highest BCUT2D eigenvalue weighted by molar-refractivity contribution is 5.80. The van der Waals surface area contributed by atoms with E-state index in [-0.39, 0.29) is 17.4 Å². The van der Waals surface area contributed by atoms with Crippen LogP contribution < -0.4 is 10.6 Å². The fourth-order valence-electron chi connectivity index (χ4n) is 1.70. The fraction of sp³-hybridized carbons (Fsp3) is 0.533. The topological polar surface area (TPSA) is 41.1 Å². The van der Waals surface area contributed by atoms with Crippen LogP contribution in [-0.2, 0) is 16.8 Å². The first-order valence-electron chi connectivity index (χ1n) is 6.39. The molecule has 0 fully saturated rings. The average Bonchev–Trinajstić information content (AvgIpc) is 2.34. The minimum absolute atomic E-state index is 0.0151. The molecule has 0 saturated carbocycles. The van der Waals surface area contributed by atoms with Gasteiger partial charge < -0.3 is 10.6 Å². The molecule has 100 valence electrons. The Morgan fingerprint density at radius 1 is 1.22 bits per heavy atom. The van der Waals surface area contributed by atoms with Crippen LogP contribution in [0.25, 0.3) is 0 Å². The van der Waals surface area contributed by atoms with Crippen LogP contribution in [0.4, 0.5) is 0 Å². The van der Waals surface area contributed by atoms with Gasteiger partial charge in [0.2, 0.25) is 5.91 Å². The van der Waals surface area contributed by atoms with Crippen LogP contribution in [0, 0.1) is 0 Å². The van der Waals surface area contributed by atoms with Gasteiger partial charge in [-0.3, -0.25) is 4.79 Å². The van der Waals surface area contributed by atoms with Crippen molar-refractivity contribution in [1.82, 2.24) is 10.6 Å². The standard InChI is InChI=1S/C15H24N2O/c1-11(14(18)16-5)17-10-12-6-8-13(9-7-12)15(2,3)4/h6-9,11,17H,10H2,1-5H3,(H,16,18). The Labute approximate surface area is 110 Å². The number of hydrogen-bond donors (Lipinski definition) is 2. The van der Waals surface area contributed by atoms with Crippen molar-refractivity contribution in [3.05, 3.63) is 35.4 Å². The van der Waals surface area contributed by atoms with Gasteiger partial charge in [-0.05, 0) is 23.5 Å². The van der Waals surface area contributed by atoms with Crippen molar-refractivity contribution >= 4 is 5.91 Å². The summed E-state index contributed by atoms with van der Waals surface area (Å²) in [5, 5.41) is 5.82. The van der Waals surface area contributed by atoms with Gasteiger partial charge in [0.1, 0.15) is 0 Å². The number of carbonyl (C=O) groups excluding carboxylic acids is 1. The second-order valence-electron chi connectivity index (χ2n) is 5.66. The summed E-state index contributed by atoms with van der Waals surface area (Å²) >= 11 is 0. The van der Waals surface area contributed by atoms with Crippen molar-refractivity contribution in [3.63, 3.8) is 0 Å². The van der Waals surface area contributed by atoms with E-state index in [1.807, 2.05) is 6.92 Å². The summed E-state index contributed by atoms with van der Waals surface area (Å²) in [6.07, 6.45) is 0. The lowest BCUT2D eigenvalue weighted by atomic mass is 9.87. The van der Waals surface area contributed by atoms with Gasteiger partial charge in [0.15, 0.2) is 0 Å². The van der Waals surface area contributed by atoms with Crippen LogP contribution in [0.5, 0.6) is 0 Å². The molecule has 0 heterocycles. The molecule has 3 heteroatoms. The van der Waals surface area contributed by atoms with Crippen molar-refractivity contribution in [2.24, 2.45) is 0 Å². The molecule has 0 aliphatic rings. The Balaban J connectivity index is 2.57. The maximum Gasteiger partial charge on any atom is 0.236 e. The summed E-state index contributed by atoms with van der Waals surface area (Å²) < 4.78 is 0. The lowest BCUT2D eigenvalue weighted by Gasteiger charge is -2.19. The van der Waals surface area contributed by atoms with Crippen molar-refractivity contribution in [1.29, 1.82) is 0 Å². The van der Waals surface area contributed by atoms with Crippen LogP contribution in [0.1, 0.15) is 38.8 Å². The van der Waals surface area contributed by atoms with Gasteiger partial charge in [-0.2, -0.15) is 0 Å². The third kappa shape index (κ3) is 4.15. The third-order valence-electron chi connectivity index (χ3n) is 3.07. The Morgan fingerprint density at radius 2 is 1.78 bits per heavy atom. The molecule has 1 amide bonds. The Kier molecular flexibility index (Phi) is 4.91. The molecule has 1 aromatic carbocycles. The van der Waals surface area contributed by atoms with Crippen molar-refractivity contribution in [3.8, 4) is 0 Å². The minimum Gasteiger partial charge on any atom is -0.358 e. The van der Waals surface area contributed by atoms with Gasteiger partial charge in [-0.25, -0.2) is 0 Å². The van der Waals surface area contributed by atoms with Crippen molar-refractivity contribution < 1.29 is 4.79 Å².